The Kier molecular flexibility index (Phi) is 8.16. The van der Waals surface area contributed by atoms with Crippen LogP contribution in [0.4, 0.5) is 5.82 Å². The standard InChI is InChI=1S/C23H33N5O/c1-3-24-23(26-14-12-20-9-5-6-10-21(20)29-2)27-18-19-11-13-25-22(17-19)28-15-7-4-8-16-28/h5-6,9-11,13,17H,3-4,7-8,12,14-16,18H2,1-2H3,(H2,24,26,27). The van der Waals surface area contributed by atoms with E-state index in [1.807, 2.05) is 24.4 Å². The van der Waals surface area contributed by atoms with E-state index in [-0.39, 0.29) is 0 Å². The van der Waals surface area contributed by atoms with Crippen molar-refractivity contribution in [3.63, 3.8) is 0 Å². The van der Waals surface area contributed by atoms with E-state index in [4.69, 9.17) is 9.73 Å². The quantitative estimate of drug-likeness (QED) is 0.530. The molecule has 6 heteroatoms. The minimum atomic E-state index is 0.632. The number of hydrogen-bond donors (Lipinski definition) is 2. The molecule has 1 aromatic carbocycles. The van der Waals surface area contributed by atoms with Crippen LogP contribution in [0.1, 0.15) is 37.3 Å². The molecule has 1 fully saturated rings. The summed E-state index contributed by atoms with van der Waals surface area (Å²) in [6.07, 6.45) is 6.61. The van der Waals surface area contributed by atoms with Gasteiger partial charge in [0.1, 0.15) is 11.6 Å². The molecule has 0 amide bonds. The Morgan fingerprint density at radius 2 is 1.97 bits per heavy atom. The van der Waals surface area contributed by atoms with Crippen LogP contribution in [0.3, 0.4) is 0 Å². The number of hydrogen-bond acceptors (Lipinski definition) is 4. The number of aromatic nitrogens is 1. The van der Waals surface area contributed by atoms with Gasteiger partial charge in [0.2, 0.25) is 0 Å². The molecule has 1 aliphatic heterocycles. The van der Waals surface area contributed by atoms with Gasteiger partial charge < -0.3 is 20.3 Å². The first kappa shape index (κ1) is 21.0. The average molecular weight is 396 g/mol. The van der Waals surface area contributed by atoms with Gasteiger partial charge in [-0.15, -0.1) is 0 Å². The molecule has 2 heterocycles. The third kappa shape index (κ3) is 6.38. The average Bonchev–Trinajstić information content (AvgIpc) is 2.78. The number of rotatable bonds is 8. The molecule has 1 saturated heterocycles. The number of aliphatic imine (C=N–C) groups is 1. The summed E-state index contributed by atoms with van der Waals surface area (Å²) in [6.45, 7) is 6.54. The predicted octanol–water partition coefficient (Wildman–Crippen LogP) is 3.38. The minimum absolute atomic E-state index is 0.632. The summed E-state index contributed by atoms with van der Waals surface area (Å²) >= 11 is 0. The molecule has 156 valence electrons. The minimum Gasteiger partial charge on any atom is -0.496 e. The molecule has 2 N–H and O–H groups in total. The first-order chi connectivity index (χ1) is 14.3. The normalized spacial score (nSPS) is 14.6. The Morgan fingerprint density at radius 1 is 1.14 bits per heavy atom. The van der Waals surface area contributed by atoms with Crippen LogP contribution in [0.15, 0.2) is 47.6 Å². The second-order valence-electron chi connectivity index (χ2n) is 7.25. The van der Waals surface area contributed by atoms with E-state index in [9.17, 15) is 0 Å². The fourth-order valence-corrected chi connectivity index (χ4v) is 3.59. The van der Waals surface area contributed by atoms with Gasteiger partial charge in [-0.25, -0.2) is 9.98 Å². The van der Waals surface area contributed by atoms with Crippen LogP contribution in [0.5, 0.6) is 5.75 Å². The van der Waals surface area contributed by atoms with E-state index in [2.05, 4.69) is 45.6 Å². The summed E-state index contributed by atoms with van der Waals surface area (Å²) in [5.74, 6) is 2.84. The molecule has 0 spiro atoms. The van der Waals surface area contributed by atoms with Gasteiger partial charge in [-0.2, -0.15) is 0 Å². The Balaban J connectivity index is 1.57. The van der Waals surface area contributed by atoms with Gasteiger partial charge in [0.15, 0.2) is 5.96 Å². The molecular formula is C23H33N5O. The molecule has 0 aliphatic carbocycles. The number of methoxy groups -OCH3 is 1. The van der Waals surface area contributed by atoms with Gasteiger partial charge >= 0.3 is 0 Å². The lowest BCUT2D eigenvalue weighted by molar-refractivity contribution is 0.409. The van der Waals surface area contributed by atoms with Crippen molar-refractivity contribution >= 4 is 11.8 Å². The summed E-state index contributed by atoms with van der Waals surface area (Å²) in [4.78, 5) is 11.7. The van der Waals surface area contributed by atoms with Crippen molar-refractivity contribution in [2.24, 2.45) is 4.99 Å². The van der Waals surface area contributed by atoms with E-state index >= 15 is 0 Å². The van der Waals surface area contributed by atoms with Crippen LogP contribution in [0, 0.1) is 0 Å². The number of benzene rings is 1. The maximum atomic E-state index is 5.43. The molecule has 1 aliphatic rings. The maximum absolute atomic E-state index is 5.43. The Morgan fingerprint density at radius 3 is 2.76 bits per heavy atom. The summed E-state index contributed by atoms with van der Waals surface area (Å²) in [5.41, 5.74) is 2.38. The molecule has 6 nitrogen and oxygen atoms in total. The summed E-state index contributed by atoms with van der Waals surface area (Å²) in [5, 5.41) is 6.75. The number of piperidine rings is 1. The van der Waals surface area contributed by atoms with E-state index in [0.717, 1.165) is 50.1 Å². The number of nitrogens with zero attached hydrogens (tertiary/aromatic N) is 3. The van der Waals surface area contributed by atoms with Crippen LogP contribution in [-0.2, 0) is 13.0 Å². The van der Waals surface area contributed by atoms with E-state index in [1.165, 1.54) is 30.4 Å². The SMILES string of the molecule is CCNC(=NCc1ccnc(N2CCCCC2)c1)NCCc1ccccc1OC. The van der Waals surface area contributed by atoms with Crippen molar-refractivity contribution in [3.8, 4) is 5.75 Å². The van der Waals surface area contributed by atoms with Crippen molar-refractivity contribution in [1.29, 1.82) is 0 Å². The molecule has 0 atom stereocenters. The lowest BCUT2D eigenvalue weighted by Crippen LogP contribution is -2.38. The van der Waals surface area contributed by atoms with Gasteiger partial charge in [0.05, 0.1) is 13.7 Å². The number of ether oxygens (including phenoxy) is 1. The first-order valence-corrected chi connectivity index (χ1v) is 10.6. The van der Waals surface area contributed by atoms with Crippen LogP contribution in [0.25, 0.3) is 0 Å². The van der Waals surface area contributed by atoms with Gasteiger partial charge in [-0.3, -0.25) is 0 Å². The Labute approximate surface area is 174 Å². The number of para-hydroxylation sites is 1. The highest BCUT2D eigenvalue weighted by molar-refractivity contribution is 5.79. The molecule has 29 heavy (non-hydrogen) atoms. The van der Waals surface area contributed by atoms with Gasteiger partial charge in [0, 0.05) is 32.4 Å². The van der Waals surface area contributed by atoms with Crippen molar-refractivity contribution in [3.05, 3.63) is 53.7 Å². The zero-order valence-electron chi connectivity index (χ0n) is 17.7. The first-order valence-electron chi connectivity index (χ1n) is 10.6. The summed E-state index contributed by atoms with van der Waals surface area (Å²) in [6, 6.07) is 12.4. The smallest absolute Gasteiger partial charge is 0.191 e. The van der Waals surface area contributed by atoms with E-state index in [1.54, 1.807) is 7.11 Å². The second-order valence-corrected chi connectivity index (χ2v) is 7.25. The number of pyridine rings is 1. The fourth-order valence-electron chi connectivity index (χ4n) is 3.59. The largest absolute Gasteiger partial charge is 0.496 e. The van der Waals surface area contributed by atoms with Crippen molar-refractivity contribution in [1.82, 2.24) is 15.6 Å². The monoisotopic (exact) mass is 395 g/mol. The second kappa shape index (κ2) is 11.3. The van der Waals surface area contributed by atoms with Gasteiger partial charge in [-0.05, 0) is 61.9 Å². The van der Waals surface area contributed by atoms with Crippen molar-refractivity contribution in [2.75, 3.05) is 38.2 Å². The highest BCUT2D eigenvalue weighted by atomic mass is 16.5. The van der Waals surface area contributed by atoms with Crippen LogP contribution in [-0.4, -0.2) is 44.2 Å². The predicted molar refractivity (Wildman–Crippen MR) is 120 cm³/mol. The van der Waals surface area contributed by atoms with Gasteiger partial charge in [0.25, 0.3) is 0 Å². The van der Waals surface area contributed by atoms with Crippen molar-refractivity contribution < 1.29 is 4.74 Å². The fraction of sp³-hybridized carbons (Fsp3) is 0.478. The molecule has 2 aromatic rings. The number of guanidine groups is 1. The maximum Gasteiger partial charge on any atom is 0.191 e. The van der Waals surface area contributed by atoms with Crippen LogP contribution in [0.2, 0.25) is 0 Å². The molecule has 0 unspecified atom stereocenters. The van der Waals surface area contributed by atoms with E-state index in [0.29, 0.717) is 6.54 Å². The van der Waals surface area contributed by atoms with E-state index < -0.39 is 0 Å². The number of nitrogens with one attached hydrogen (secondary N) is 2. The lowest BCUT2D eigenvalue weighted by atomic mass is 10.1. The molecule has 0 saturated carbocycles. The van der Waals surface area contributed by atoms with Crippen molar-refractivity contribution in [2.45, 2.75) is 39.2 Å². The summed E-state index contributed by atoms with van der Waals surface area (Å²) in [7, 11) is 1.71. The third-order valence-electron chi connectivity index (χ3n) is 5.13. The Hall–Kier alpha value is -2.76. The lowest BCUT2D eigenvalue weighted by Gasteiger charge is -2.27. The molecule has 1 aromatic heterocycles. The highest BCUT2D eigenvalue weighted by Crippen LogP contribution is 2.19. The highest BCUT2D eigenvalue weighted by Gasteiger charge is 2.12. The van der Waals surface area contributed by atoms with Crippen LogP contribution >= 0.6 is 0 Å². The topological polar surface area (TPSA) is 61.8 Å². The molecule has 0 bridgehead atoms. The molecular weight excluding hydrogens is 362 g/mol. The molecule has 0 radical (unpaired) electrons. The van der Waals surface area contributed by atoms with Crippen LogP contribution < -0.4 is 20.3 Å². The zero-order valence-corrected chi connectivity index (χ0v) is 17.7. The van der Waals surface area contributed by atoms with Gasteiger partial charge in [-0.1, -0.05) is 18.2 Å². The molecule has 3 rings (SSSR count). The zero-order chi connectivity index (χ0) is 20.3. The third-order valence-corrected chi connectivity index (χ3v) is 5.13. The number of anilines is 1. The Bertz CT molecular complexity index is 786. The summed E-state index contributed by atoms with van der Waals surface area (Å²) < 4.78 is 5.43.